The first kappa shape index (κ1) is 10.4. The van der Waals surface area contributed by atoms with Gasteiger partial charge in [-0.05, 0) is 30.7 Å². The third-order valence-corrected chi connectivity index (χ3v) is 1.64. The van der Waals surface area contributed by atoms with E-state index in [2.05, 4.69) is 4.74 Å². The van der Waals surface area contributed by atoms with Gasteiger partial charge in [-0.15, -0.1) is 0 Å². The minimum Gasteiger partial charge on any atom is -0.390 e. The largest absolute Gasteiger partial charge is 0.390 e. The lowest BCUT2D eigenvalue weighted by atomic mass is 10.1. The van der Waals surface area contributed by atoms with E-state index in [1.807, 2.05) is 0 Å². The maximum absolute atomic E-state index is 12.7. The van der Waals surface area contributed by atoms with Crippen LogP contribution in [-0.2, 0) is 9.53 Å². The van der Waals surface area contributed by atoms with Crippen molar-refractivity contribution in [2.45, 2.75) is 13.8 Å². The number of halogens is 1. The highest BCUT2D eigenvalue weighted by molar-refractivity contribution is 5.97. The minimum atomic E-state index is -0.755. The Morgan fingerprint density at radius 1 is 1.36 bits per heavy atom. The van der Waals surface area contributed by atoms with E-state index in [-0.39, 0.29) is 5.56 Å². The van der Waals surface area contributed by atoms with Gasteiger partial charge < -0.3 is 4.74 Å². The van der Waals surface area contributed by atoms with Gasteiger partial charge in [0.15, 0.2) is 0 Å². The molecule has 74 valence electrons. The summed E-state index contributed by atoms with van der Waals surface area (Å²) >= 11 is 0. The van der Waals surface area contributed by atoms with E-state index < -0.39 is 17.8 Å². The standard InChI is InChI=1S/C10H9FO3/c1-6-5-8(11)3-4-9(6)10(13)14-7(2)12/h3-5H,1-2H3. The molecule has 1 rings (SSSR count). The summed E-state index contributed by atoms with van der Waals surface area (Å²) in [5.41, 5.74) is 0.637. The van der Waals surface area contributed by atoms with Crippen LogP contribution in [0.2, 0.25) is 0 Å². The van der Waals surface area contributed by atoms with Crippen molar-refractivity contribution >= 4 is 11.9 Å². The fourth-order valence-electron chi connectivity index (χ4n) is 1.04. The third-order valence-electron chi connectivity index (χ3n) is 1.64. The van der Waals surface area contributed by atoms with Crippen LogP contribution in [0.25, 0.3) is 0 Å². The van der Waals surface area contributed by atoms with Crippen LogP contribution < -0.4 is 0 Å². The normalized spacial score (nSPS) is 9.64. The maximum Gasteiger partial charge on any atom is 0.346 e. The van der Waals surface area contributed by atoms with Crippen LogP contribution in [0.3, 0.4) is 0 Å². The van der Waals surface area contributed by atoms with Crippen LogP contribution in [0, 0.1) is 12.7 Å². The van der Waals surface area contributed by atoms with Gasteiger partial charge in [-0.2, -0.15) is 0 Å². The first-order valence-corrected chi connectivity index (χ1v) is 3.99. The van der Waals surface area contributed by atoms with Crippen LogP contribution in [-0.4, -0.2) is 11.9 Å². The molecule has 0 aliphatic heterocycles. The van der Waals surface area contributed by atoms with E-state index in [0.717, 1.165) is 13.0 Å². The molecule has 3 nitrogen and oxygen atoms in total. The molecule has 0 amide bonds. The molecule has 0 unspecified atom stereocenters. The highest BCUT2D eigenvalue weighted by atomic mass is 19.1. The second-order valence-electron chi connectivity index (χ2n) is 2.84. The van der Waals surface area contributed by atoms with Crippen molar-refractivity contribution < 1.29 is 18.7 Å². The average molecular weight is 196 g/mol. The SMILES string of the molecule is CC(=O)OC(=O)c1ccc(F)cc1C. The zero-order chi connectivity index (χ0) is 10.7. The summed E-state index contributed by atoms with van der Waals surface area (Å²) in [6.07, 6.45) is 0. The molecular weight excluding hydrogens is 187 g/mol. The Morgan fingerprint density at radius 2 is 2.00 bits per heavy atom. The number of carbonyl (C=O) groups is 2. The van der Waals surface area contributed by atoms with Gasteiger partial charge in [0, 0.05) is 6.92 Å². The molecule has 0 spiro atoms. The zero-order valence-corrected chi connectivity index (χ0v) is 7.83. The van der Waals surface area contributed by atoms with Gasteiger partial charge >= 0.3 is 11.9 Å². The Labute approximate surface area is 80.5 Å². The van der Waals surface area contributed by atoms with E-state index in [1.54, 1.807) is 6.92 Å². The summed E-state index contributed by atoms with van der Waals surface area (Å²) in [6.45, 7) is 2.70. The predicted octanol–water partition coefficient (Wildman–Crippen LogP) is 1.84. The van der Waals surface area contributed by atoms with E-state index >= 15 is 0 Å². The Morgan fingerprint density at radius 3 is 2.50 bits per heavy atom. The molecule has 14 heavy (non-hydrogen) atoms. The van der Waals surface area contributed by atoms with Gasteiger partial charge in [-0.25, -0.2) is 9.18 Å². The molecule has 0 bridgehead atoms. The molecule has 1 aromatic carbocycles. The minimum absolute atomic E-state index is 0.196. The van der Waals surface area contributed by atoms with Crippen LogP contribution in [0.1, 0.15) is 22.8 Å². The number of hydrogen-bond acceptors (Lipinski definition) is 3. The molecule has 0 heterocycles. The monoisotopic (exact) mass is 196 g/mol. The van der Waals surface area contributed by atoms with Gasteiger partial charge in [-0.3, -0.25) is 4.79 Å². The lowest BCUT2D eigenvalue weighted by Gasteiger charge is -2.03. The summed E-state index contributed by atoms with van der Waals surface area (Å²) in [4.78, 5) is 21.7. The van der Waals surface area contributed by atoms with Crippen LogP contribution >= 0.6 is 0 Å². The average Bonchev–Trinajstić information content (AvgIpc) is 2.01. The highest BCUT2D eigenvalue weighted by Crippen LogP contribution is 2.11. The van der Waals surface area contributed by atoms with Crippen molar-refractivity contribution in [3.8, 4) is 0 Å². The van der Waals surface area contributed by atoms with Crippen molar-refractivity contribution in [2.24, 2.45) is 0 Å². The highest BCUT2D eigenvalue weighted by Gasteiger charge is 2.12. The Hall–Kier alpha value is -1.71. The third kappa shape index (κ3) is 2.39. The second kappa shape index (κ2) is 4.00. The first-order valence-electron chi connectivity index (χ1n) is 3.99. The molecule has 0 aliphatic rings. The van der Waals surface area contributed by atoms with Crippen molar-refractivity contribution in [1.82, 2.24) is 0 Å². The van der Waals surface area contributed by atoms with Gasteiger partial charge in [-0.1, -0.05) is 0 Å². The number of benzene rings is 1. The molecule has 0 atom stereocenters. The summed E-state index contributed by atoms with van der Waals surface area (Å²) in [6, 6.07) is 3.64. The van der Waals surface area contributed by atoms with Crippen LogP contribution in [0.5, 0.6) is 0 Å². The molecule has 1 aromatic rings. The Balaban J connectivity index is 2.96. The van der Waals surface area contributed by atoms with Gasteiger partial charge in [0.1, 0.15) is 5.82 Å². The number of aryl methyl sites for hydroxylation is 1. The van der Waals surface area contributed by atoms with Crippen molar-refractivity contribution in [3.63, 3.8) is 0 Å². The number of rotatable bonds is 1. The van der Waals surface area contributed by atoms with Crippen LogP contribution in [0.15, 0.2) is 18.2 Å². The fraction of sp³-hybridized carbons (Fsp3) is 0.200. The van der Waals surface area contributed by atoms with Crippen molar-refractivity contribution in [2.75, 3.05) is 0 Å². The topological polar surface area (TPSA) is 43.4 Å². The summed E-state index contributed by atoms with van der Waals surface area (Å²) in [5.74, 6) is -1.87. The summed E-state index contributed by atoms with van der Waals surface area (Å²) in [7, 11) is 0. The number of hydrogen-bond donors (Lipinski definition) is 0. The maximum atomic E-state index is 12.7. The fourth-order valence-corrected chi connectivity index (χ4v) is 1.04. The predicted molar refractivity (Wildman–Crippen MR) is 47.2 cm³/mol. The molecule has 4 heteroatoms. The quantitative estimate of drug-likeness (QED) is 0.508. The number of esters is 2. The molecule has 0 aromatic heterocycles. The lowest BCUT2D eigenvalue weighted by molar-refractivity contribution is -0.135. The molecule has 0 radical (unpaired) electrons. The van der Waals surface area contributed by atoms with E-state index in [0.29, 0.717) is 5.56 Å². The summed E-state index contributed by atoms with van der Waals surface area (Å²) in [5, 5.41) is 0. The summed E-state index contributed by atoms with van der Waals surface area (Å²) < 4.78 is 17.0. The van der Waals surface area contributed by atoms with Crippen molar-refractivity contribution in [1.29, 1.82) is 0 Å². The van der Waals surface area contributed by atoms with Crippen LogP contribution in [0.4, 0.5) is 4.39 Å². The molecule has 0 saturated heterocycles. The molecule has 0 fully saturated rings. The van der Waals surface area contributed by atoms with E-state index in [1.165, 1.54) is 12.1 Å². The molecule has 0 saturated carbocycles. The molecule has 0 aliphatic carbocycles. The number of ether oxygens (including phenoxy) is 1. The smallest absolute Gasteiger partial charge is 0.346 e. The Kier molecular flexibility index (Phi) is 2.96. The molecular formula is C10H9FO3. The van der Waals surface area contributed by atoms with Gasteiger partial charge in [0.2, 0.25) is 0 Å². The lowest BCUT2D eigenvalue weighted by Crippen LogP contribution is -2.10. The number of carbonyl (C=O) groups excluding carboxylic acids is 2. The van der Waals surface area contributed by atoms with Gasteiger partial charge in [0.05, 0.1) is 5.56 Å². The van der Waals surface area contributed by atoms with Gasteiger partial charge in [0.25, 0.3) is 0 Å². The molecule has 0 N–H and O–H groups in total. The second-order valence-corrected chi connectivity index (χ2v) is 2.84. The zero-order valence-electron chi connectivity index (χ0n) is 7.83. The van der Waals surface area contributed by atoms with Crippen molar-refractivity contribution in [3.05, 3.63) is 35.1 Å². The van der Waals surface area contributed by atoms with E-state index in [9.17, 15) is 14.0 Å². The first-order chi connectivity index (χ1) is 6.50. The Bertz CT molecular complexity index is 385. The van der Waals surface area contributed by atoms with E-state index in [4.69, 9.17) is 0 Å².